The second-order valence-corrected chi connectivity index (χ2v) is 14.2. The summed E-state index contributed by atoms with van der Waals surface area (Å²) in [6.45, 7) is 0. The molecule has 1 aliphatic heterocycles. The first-order valence-electron chi connectivity index (χ1n) is 13.5. The van der Waals surface area contributed by atoms with Crippen molar-refractivity contribution in [3.8, 4) is 16.8 Å². The summed E-state index contributed by atoms with van der Waals surface area (Å²) in [5.74, 6) is 0. The van der Waals surface area contributed by atoms with Gasteiger partial charge in [-0.1, -0.05) is 97.1 Å². The van der Waals surface area contributed by atoms with E-state index in [0.717, 1.165) is 43.8 Å². The summed E-state index contributed by atoms with van der Waals surface area (Å²) in [5.41, 5.74) is 5.56. The van der Waals surface area contributed by atoms with Gasteiger partial charge in [-0.25, -0.2) is 0 Å². The number of fused-ring (bicyclic) bond motifs is 10. The Morgan fingerprint density at radius 1 is 0.550 bits per heavy atom. The Labute approximate surface area is 235 Å². The zero-order valence-corrected chi connectivity index (χ0v) is 23.1. The maximum atomic E-state index is 15.2. The van der Waals surface area contributed by atoms with Crippen molar-refractivity contribution in [1.29, 1.82) is 0 Å². The zero-order valence-electron chi connectivity index (χ0n) is 21.4. The number of aromatic nitrogens is 1. The lowest BCUT2D eigenvalue weighted by molar-refractivity contribution is 0.593. The molecule has 0 bridgehead atoms. The highest BCUT2D eigenvalue weighted by Gasteiger charge is 2.41. The van der Waals surface area contributed by atoms with Gasteiger partial charge in [0, 0.05) is 58.1 Å². The summed E-state index contributed by atoms with van der Waals surface area (Å²) in [4.78, 5) is 0. The van der Waals surface area contributed by atoms with Crippen LogP contribution in [0.25, 0.3) is 58.8 Å². The van der Waals surface area contributed by atoms with Crippen molar-refractivity contribution >= 4 is 76.4 Å². The van der Waals surface area contributed by atoms with Crippen molar-refractivity contribution in [2.45, 2.75) is 0 Å². The largest absolute Gasteiger partial charge is 0.309 e. The van der Waals surface area contributed by atoms with Crippen molar-refractivity contribution in [1.82, 2.24) is 4.57 Å². The number of hydrogen-bond acceptors (Lipinski definition) is 2. The Morgan fingerprint density at radius 3 is 2.17 bits per heavy atom. The van der Waals surface area contributed by atoms with E-state index in [4.69, 9.17) is 0 Å². The van der Waals surface area contributed by atoms with E-state index in [-0.39, 0.29) is 0 Å². The highest BCUT2D eigenvalue weighted by atomic mass is 32.1. The molecule has 188 valence electrons. The molecule has 8 aromatic rings. The van der Waals surface area contributed by atoms with Gasteiger partial charge in [-0.2, -0.15) is 0 Å². The molecule has 0 N–H and O–H groups in total. The number of benzene rings is 6. The van der Waals surface area contributed by atoms with E-state index in [1.807, 2.05) is 47.7 Å². The summed E-state index contributed by atoms with van der Waals surface area (Å²) in [5, 5.41) is 7.68. The van der Waals surface area contributed by atoms with E-state index in [1.165, 1.54) is 30.9 Å². The van der Waals surface area contributed by atoms with Crippen LogP contribution in [0.15, 0.2) is 133 Å². The average molecular weight is 548 g/mol. The quantitative estimate of drug-likeness (QED) is 0.198. The minimum absolute atomic E-state index is 0.884. The van der Waals surface area contributed by atoms with Crippen LogP contribution in [0.2, 0.25) is 0 Å². The molecule has 0 saturated heterocycles. The molecule has 0 spiro atoms. The van der Waals surface area contributed by atoms with E-state index >= 15 is 4.57 Å². The number of para-hydroxylation sites is 1. The van der Waals surface area contributed by atoms with E-state index in [0.29, 0.717) is 0 Å². The van der Waals surface area contributed by atoms with Gasteiger partial charge >= 0.3 is 0 Å². The van der Waals surface area contributed by atoms with Crippen molar-refractivity contribution < 1.29 is 4.57 Å². The minimum atomic E-state index is -3.03. The second-order valence-electron chi connectivity index (χ2n) is 10.4. The molecule has 6 aromatic carbocycles. The second kappa shape index (κ2) is 8.05. The summed E-state index contributed by atoms with van der Waals surface area (Å²) >= 11 is 1.84. The third-order valence-electron chi connectivity index (χ3n) is 8.40. The van der Waals surface area contributed by atoms with Crippen LogP contribution in [0.5, 0.6) is 0 Å². The Bertz CT molecular complexity index is 2360. The normalized spacial score (nSPS) is 16.2. The fraction of sp³-hybridized carbons (Fsp3) is 0. The van der Waals surface area contributed by atoms with Crippen LogP contribution in [0.3, 0.4) is 0 Å². The van der Waals surface area contributed by atoms with Crippen LogP contribution in [0, 0.1) is 0 Å². The summed E-state index contributed by atoms with van der Waals surface area (Å²) in [6, 6.07) is 46.7. The van der Waals surface area contributed by atoms with Crippen LogP contribution in [0.1, 0.15) is 0 Å². The zero-order chi connectivity index (χ0) is 26.4. The molecule has 9 rings (SSSR count). The summed E-state index contributed by atoms with van der Waals surface area (Å²) in [7, 11) is -3.03. The number of nitrogens with zero attached hydrogens (tertiary/aromatic N) is 1. The maximum Gasteiger partial charge on any atom is 0.172 e. The average Bonchev–Trinajstić information content (AvgIpc) is 3.64. The topological polar surface area (TPSA) is 22.0 Å². The van der Waals surface area contributed by atoms with Gasteiger partial charge in [-0.05, 0) is 42.0 Å². The highest BCUT2D eigenvalue weighted by Crippen LogP contribution is 2.54. The van der Waals surface area contributed by atoms with Crippen molar-refractivity contribution in [3.63, 3.8) is 0 Å². The monoisotopic (exact) mass is 547 g/mol. The standard InChI is InChI=1S/C36H22NOPS/c38-39(24-10-2-1-3-11-24)31-16-8-5-14-28(31)35-32(39)20-19-27-25-12-4-7-15-30(25)37(36(27)35)23-18-21-34-29(22-23)26-13-6-9-17-33(26)40-34/h1-22H. The van der Waals surface area contributed by atoms with Crippen LogP contribution in [-0.2, 0) is 4.57 Å². The first-order valence-corrected chi connectivity index (χ1v) is 16.0. The molecule has 4 heteroatoms. The smallest absolute Gasteiger partial charge is 0.172 e. The molecule has 1 unspecified atom stereocenters. The number of hydrogen-bond donors (Lipinski definition) is 0. The Balaban J connectivity index is 1.45. The molecular formula is C36H22NOPS. The maximum absolute atomic E-state index is 15.2. The fourth-order valence-corrected chi connectivity index (χ4v) is 10.8. The third kappa shape index (κ3) is 2.81. The predicted octanol–water partition coefficient (Wildman–Crippen LogP) is 8.77. The molecule has 2 nitrogen and oxygen atoms in total. The van der Waals surface area contributed by atoms with Gasteiger partial charge in [0.2, 0.25) is 0 Å². The Kier molecular flexibility index (Phi) is 4.51. The number of thiophene rings is 1. The molecule has 2 aromatic heterocycles. The van der Waals surface area contributed by atoms with E-state index < -0.39 is 7.14 Å². The molecule has 1 aliphatic rings. The van der Waals surface area contributed by atoms with Crippen LogP contribution < -0.4 is 15.9 Å². The molecule has 0 amide bonds. The van der Waals surface area contributed by atoms with Gasteiger partial charge in [0.1, 0.15) is 0 Å². The van der Waals surface area contributed by atoms with E-state index in [2.05, 4.69) is 102 Å². The van der Waals surface area contributed by atoms with E-state index in [9.17, 15) is 0 Å². The SMILES string of the molecule is O=P1(c2ccccc2)c2ccccc2-c2c1ccc1c3ccccc3n(-c3ccc4sc5ccccc5c4c3)c21. The number of rotatable bonds is 2. The van der Waals surface area contributed by atoms with Crippen molar-refractivity contribution in [2.24, 2.45) is 0 Å². The molecule has 0 radical (unpaired) electrons. The molecule has 0 saturated carbocycles. The van der Waals surface area contributed by atoms with Gasteiger partial charge in [0.25, 0.3) is 0 Å². The molecule has 1 atom stereocenters. The Hall–Kier alpha value is -4.43. The molecule has 0 fully saturated rings. The Morgan fingerprint density at radius 2 is 1.27 bits per heavy atom. The predicted molar refractivity (Wildman–Crippen MR) is 172 cm³/mol. The van der Waals surface area contributed by atoms with E-state index in [1.54, 1.807) is 0 Å². The molecule has 40 heavy (non-hydrogen) atoms. The fourth-order valence-electron chi connectivity index (χ4n) is 6.70. The van der Waals surface area contributed by atoms with Crippen LogP contribution in [-0.4, -0.2) is 4.57 Å². The minimum Gasteiger partial charge on any atom is -0.309 e. The first-order chi connectivity index (χ1) is 19.7. The summed E-state index contributed by atoms with van der Waals surface area (Å²) in [6.07, 6.45) is 0. The van der Waals surface area contributed by atoms with Crippen molar-refractivity contribution in [2.75, 3.05) is 0 Å². The summed E-state index contributed by atoms with van der Waals surface area (Å²) < 4.78 is 20.2. The van der Waals surface area contributed by atoms with Gasteiger partial charge in [0.15, 0.2) is 7.14 Å². The molecule has 0 aliphatic carbocycles. The van der Waals surface area contributed by atoms with Gasteiger partial charge in [0.05, 0.1) is 11.0 Å². The van der Waals surface area contributed by atoms with Crippen molar-refractivity contribution in [3.05, 3.63) is 133 Å². The van der Waals surface area contributed by atoms with Gasteiger partial charge < -0.3 is 9.13 Å². The van der Waals surface area contributed by atoms with Crippen LogP contribution in [0.4, 0.5) is 0 Å². The first kappa shape index (κ1) is 22.4. The third-order valence-corrected chi connectivity index (χ3v) is 12.7. The highest BCUT2D eigenvalue weighted by molar-refractivity contribution is 7.86. The molecule has 3 heterocycles. The van der Waals surface area contributed by atoms with Gasteiger partial charge in [-0.3, -0.25) is 0 Å². The van der Waals surface area contributed by atoms with Gasteiger partial charge in [-0.15, -0.1) is 11.3 Å². The van der Waals surface area contributed by atoms with Crippen LogP contribution >= 0.6 is 18.5 Å². The lowest BCUT2D eigenvalue weighted by Crippen LogP contribution is -2.20. The lowest BCUT2D eigenvalue weighted by Gasteiger charge is -2.16. The molecular weight excluding hydrogens is 525 g/mol. The lowest BCUT2D eigenvalue weighted by atomic mass is 10.0.